The predicted octanol–water partition coefficient (Wildman–Crippen LogP) is 2.56. The highest BCUT2D eigenvalue weighted by Crippen LogP contribution is 2.24. The summed E-state index contributed by atoms with van der Waals surface area (Å²) in [4.78, 5) is 0. The minimum absolute atomic E-state index is 0.0121. The first-order valence-corrected chi connectivity index (χ1v) is 6.98. The summed E-state index contributed by atoms with van der Waals surface area (Å²) in [5, 5.41) is 12.7. The van der Waals surface area contributed by atoms with Crippen molar-refractivity contribution in [2.24, 2.45) is 0 Å². The van der Waals surface area contributed by atoms with E-state index < -0.39 is 0 Å². The van der Waals surface area contributed by atoms with Gasteiger partial charge < -0.3 is 19.9 Å². The van der Waals surface area contributed by atoms with Crippen LogP contribution in [0.2, 0.25) is 0 Å². The molecule has 2 rings (SSSR count). The molecule has 1 aromatic rings. The highest BCUT2D eigenvalue weighted by atomic mass is 16.5. The van der Waals surface area contributed by atoms with Gasteiger partial charge in [0.1, 0.15) is 5.75 Å². The topological polar surface area (TPSA) is 50.7 Å². The quantitative estimate of drug-likeness (QED) is 0.830. The third kappa shape index (κ3) is 3.85. The molecule has 0 aliphatic carbocycles. The van der Waals surface area contributed by atoms with Gasteiger partial charge in [-0.25, -0.2) is 0 Å². The Labute approximate surface area is 114 Å². The van der Waals surface area contributed by atoms with Gasteiger partial charge in [0.2, 0.25) is 0 Å². The fourth-order valence-electron chi connectivity index (χ4n) is 2.38. The van der Waals surface area contributed by atoms with E-state index in [2.05, 4.69) is 12.2 Å². The largest absolute Gasteiger partial charge is 0.494 e. The lowest BCUT2D eigenvalue weighted by Crippen LogP contribution is -2.19. The molecule has 0 amide bonds. The number of benzene rings is 1. The molecule has 1 aliphatic rings. The van der Waals surface area contributed by atoms with Crippen LogP contribution in [0, 0.1) is 0 Å². The molecule has 0 aromatic heterocycles. The first-order valence-electron chi connectivity index (χ1n) is 6.98. The Morgan fingerprint density at radius 3 is 2.89 bits per heavy atom. The SMILES string of the molecule is CCOc1ccc(NCC2CCC(C)O2)cc1CO. The Bertz CT molecular complexity index is 408. The second-order valence-corrected chi connectivity index (χ2v) is 4.94. The van der Waals surface area contributed by atoms with Crippen molar-refractivity contribution in [3.05, 3.63) is 23.8 Å². The summed E-state index contributed by atoms with van der Waals surface area (Å²) < 4.78 is 11.2. The zero-order valence-electron chi connectivity index (χ0n) is 11.7. The molecular formula is C15H23NO3. The molecule has 1 aromatic carbocycles. The standard InChI is InChI=1S/C15H23NO3/c1-3-18-15-7-5-13(8-12(15)10-17)16-9-14-6-4-11(2)19-14/h5,7-8,11,14,16-17H,3-4,6,9-10H2,1-2H3. The van der Waals surface area contributed by atoms with E-state index >= 15 is 0 Å². The van der Waals surface area contributed by atoms with Gasteiger partial charge >= 0.3 is 0 Å². The molecule has 2 unspecified atom stereocenters. The van der Waals surface area contributed by atoms with Crippen LogP contribution in [-0.4, -0.2) is 30.5 Å². The highest BCUT2D eigenvalue weighted by molar-refractivity contribution is 5.51. The molecule has 1 saturated heterocycles. The molecule has 0 bridgehead atoms. The van der Waals surface area contributed by atoms with Crippen LogP contribution in [0.25, 0.3) is 0 Å². The van der Waals surface area contributed by atoms with Crippen molar-refractivity contribution in [2.45, 2.75) is 45.5 Å². The van der Waals surface area contributed by atoms with Crippen molar-refractivity contribution in [3.8, 4) is 5.75 Å². The van der Waals surface area contributed by atoms with Gasteiger partial charge in [-0.1, -0.05) is 0 Å². The summed E-state index contributed by atoms with van der Waals surface area (Å²) in [6, 6.07) is 5.81. The first kappa shape index (κ1) is 14.2. The maximum absolute atomic E-state index is 9.35. The zero-order valence-corrected chi connectivity index (χ0v) is 11.7. The molecule has 19 heavy (non-hydrogen) atoms. The molecule has 4 heteroatoms. The number of aliphatic hydroxyl groups is 1. The Kier molecular flexibility index (Phi) is 5.05. The van der Waals surface area contributed by atoms with Crippen LogP contribution in [-0.2, 0) is 11.3 Å². The molecular weight excluding hydrogens is 242 g/mol. The molecule has 1 fully saturated rings. The second-order valence-electron chi connectivity index (χ2n) is 4.94. The number of anilines is 1. The van der Waals surface area contributed by atoms with E-state index in [0.29, 0.717) is 18.8 Å². The highest BCUT2D eigenvalue weighted by Gasteiger charge is 2.21. The van der Waals surface area contributed by atoms with Crippen LogP contribution in [0.15, 0.2) is 18.2 Å². The normalized spacial score (nSPS) is 22.5. The number of aliphatic hydroxyl groups excluding tert-OH is 1. The van der Waals surface area contributed by atoms with Gasteiger partial charge in [-0.3, -0.25) is 0 Å². The smallest absolute Gasteiger partial charge is 0.124 e. The first-order chi connectivity index (χ1) is 9.22. The van der Waals surface area contributed by atoms with Gasteiger partial charge in [-0.15, -0.1) is 0 Å². The zero-order chi connectivity index (χ0) is 13.7. The Balaban J connectivity index is 1.93. The summed E-state index contributed by atoms with van der Waals surface area (Å²) in [5.41, 5.74) is 1.81. The van der Waals surface area contributed by atoms with Gasteiger partial charge in [0.05, 0.1) is 25.4 Å². The van der Waals surface area contributed by atoms with Gasteiger partial charge in [0, 0.05) is 17.8 Å². The average molecular weight is 265 g/mol. The Morgan fingerprint density at radius 2 is 2.26 bits per heavy atom. The third-order valence-electron chi connectivity index (χ3n) is 3.38. The number of rotatable bonds is 6. The Morgan fingerprint density at radius 1 is 1.42 bits per heavy atom. The van der Waals surface area contributed by atoms with E-state index in [1.165, 1.54) is 0 Å². The monoisotopic (exact) mass is 265 g/mol. The van der Waals surface area contributed by atoms with E-state index in [1.54, 1.807) is 0 Å². The lowest BCUT2D eigenvalue weighted by Gasteiger charge is -2.15. The maximum Gasteiger partial charge on any atom is 0.124 e. The molecule has 1 aliphatic heterocycles. The molecule has 1 heterocycles. The summed E-state index contributed by atoms with van der Waals surface area (Å²) in [5.74, 6) is 0.751. The van der Waals surface area contributed by atoms with Gasteiger partial charge in [-0.05, 0) is 44.9 Å². The second kappa shape index (κ2) is 6.78. The molecule has 0 spiro atoms. The number of ether oxygens (including phenoxy) is 2. The van der Waals surface area contributed by atoms with E-state index in [-0.39, 0.29) is 6.61 Å². The van der Waals surface area contributed by atoms with Crippen LogP contribution in [0.5, 0.6) is 5.75 Å². The number of hydrogen-bond acceptors (Lipinski definition) is 4. The molecule has 4 nitrogen and oxygen atoms in total. The van der Waals surface area contributed by atoms with Crippen molar-refractivity contribution >= 4 is 5.69 Å². The van der Waals surface area contributed by atoms with Crippen LogP contribution in [0.1, 0.15) is 32.3 Å². The molecule has 106 valence electrons. The van der Waals surface area contributed by atoms with Gasteiger partial charge in [0.15, 0.2) is 0 Å². The summed E-state index contributed by atoms with van der Waals surface area (Å²) >= 11 is 0. The minimum Gasteiger partial charge on any atom is -0.494 e. The number of nitrogens with one attached hydrogen (secondary N) is 1. The molecule has 2 N–H and O–H groups in total. The van der Waals surface area contributed by atoms with Crippen molar-refractivity contribution in [1.82, 2.24) is 0 Å². The fourth-order valence-corrected chi connectivity index (χ4v) is 2.38. The summed E-state index contributed by atoms with van der Waals surface area (Å²) in [7, 11) is 0. The minimum atomic E-state index is -0.0121. The van der Waals surface area contributed by atoms with Crippen molar-refractivity contribution in [1.29, 1.82) is 0 Å². The van der Waals surface area contributed by atoms with Gasteiger partial charge in [-0.2, -0.15) is 0 Å². The number of hydrogen-bond donors (Lipinski definition) is 2. The van der Waals surface area contributed by atoms with Crippen molar-refractivity contribution in [2.75, 3.05) is 18.5 Å². The van der Waals surface area contributed by atoms with Crippen LogP contribution >= 0.6 is 0 Å². The van der Waals surface area contributed by atoms with Crippen molar-refractivity contribution in [3.63, 3.8) is 0 Å². The van der Waals surface area contributed by atoms with Crippen LogP contribution in [0.3, 0.4) is 0 Å². The van der Waals surface area contributed by atoms with E-state index in [4.69, 9.17) is 9.47 Å². The summed E-state index contributed by atoms with van der Waals surface area (Å²) in [6.07, 6.45) is 2.91. The molecule has 2 atom stereocenters. The van der Waals surface area contributed by atoms with Gasteiger partial charge in [0.25, 0.3) is 0 Å². The fraction of sp³-hybridized carbons (Fsp3) is 0.600. The Hall–Kier alpha value is -1.26. The lowest BCUT2D eigenvalue weighted by molar-refractivity contribution is 0.0637. The lowest BCUT2D eigenvalue weighted by atomic mass is 10.1. The van der Waals surface area contributed by atoms with E-state index in [0.717, 1.165) is 36.4 Å². The average Bonchev–Trinajstić information content (AvgIpc) is 2.83. The summed E-state index contributed by atoms with van der Waals surface area (Å²) in [6.45, 7) is 5.45. The van der Waals surface area contributed by atoms with Crippen LogP contribution in [0.4, 0.5) is 5.69 Å². The third-order valence-corrected chi connectivity index (χ3v) is 3.38. The van der Waals surface area contributed by atoms with Crippen LogP contribution < -0.4 is 10.1 Å². The molecule has 0 radical (unpaired) electrons. The van der Waals surface area contributed by atoms with Crippen molar-refractivity contribution < 1.29 is 14.6 Å². The predicted molar refractivity (Wildman–Crippen MR) is 75.6 cm³/mol. The van der Waals surface area contributed by atoms with E-state index in [9.17, 15) is 5.11 Å². The van der Waals surface area contributed by atoms with E-state index in [1.807, 2.05) is 25.1 Å². The molecule has 0 saturated carbocycles. The maximum atomic E-state index is 9.35.